The van der Waals surface area contributed by atoms with E-state index < -0.39 is 12.0 Å². The molecule has 1 N–H and O–H groups in total. The summed E-state index contributed by atoms with van der Waals surface area (Å²) in [5, 5.41) is 10.1. The molecule has 7 nitrogen and oxygen atoms in total. The highest BCUT2D eigenvalue weighted by atomic mass is 16.6. The number of allylic oxidation sites excluding steroid dienone is 1. The van der Waals surface area contributed by atoms with Gasteiger partial charge in [0.1, 0.15) is 17.8 Å². The second kappa shape index (κ2) is 12.6. The first-order chi connectivity index (χ1) is 21.5. The zero-order valence-corrected chi connectivity index (χ0v) is 27.9. The van der Waals surface area contributed by atoms with Crippen LogP contribution < -0.4 is 0 Å². The highest BCUT2D eigenvalue weighted by Gasteiger charge is 2.59. The maximum atomic E-state index is 12.3. The number of carbonyl (C=O) groups excluding carboxylic acids is 3. The molecule has 2 bridgehead atoms. The minimum atomic E-state index is -0.408. The van der Waals surface area contributed by atoms with Gasteiger partial charge in [0.25, 0.3) is 0 Å². The van der Waals surface area contributed by atoms with Gasteiger partial charge in [-0.1, -0.05) is 43.7 Å². The number of piperidine rings is 1. The topological polar surface area (TPSA) is 93.1 Å². The minimum Gasteiger partial charge on any atom is -0.469 e. The van der Waals surface area contributed by atoms with E-state index in [0.717, 1.165) is 56.3 Å². The highest BCUT2D eigenvalue weighted by Crippen LogP contribution is 2.66. The Morgan fingerprint density at radius 3 is 2.42 bits per heavy atom. The molecule has 1 aromatic carbocycles. The third kappa shape index (κ3) is 5.71. The van der Waals surface area contributed by atoms with E-state index in [-0.39, 0.29) is 29.5 Å². The van der Waals surface area contributed by atoms with E-state index >= 15 is 0 Å². The Bertz CT molecular complexity index is 1310. The SMILES string of the molecule is CC(=O)[C@H]1CC[C@H]2[C@@H]3CC=C4C[C@@H](O)CC[C@]4(C)[C@H]3CC[C@]12C.COC(=O)[C@H]1[C@@H](OC(=O)c2ccccc2)C[C@@H]2CC[C@H]1N2C. The van der Waals surface area contributed by atoms with Gasteiger partial charge in [0.2, 0.25) is 0 Å². The number of aliphatic hydroxyl groups is 1. The van der Waals surface area contributed by atoms with Gasteiger partial charge >= 0.3 is 11.9 Å². The average Bonchev–Trinajstić information content (AvgIpc) is 3.50. The Morgan fingerprint density at radius 1 is 0.956 bits per heavy atom. The normalized spacial score (nSPS) is 41.7. The van der Waals surface area contributed by atoms with Gasteiger partial charge in [0, 0.05) is 24.4 Å². The molecule has 2 aliphatic heterocycles. The lowest BCUT2D eigenvalue weighted by molar-refractivity contribution is -0.156. The molecule has 0 amide bonds. The summed E-state index contributed by atoms with van der Waals surface area (Å²) in [6.45, 7) is 6.70. The van der Waals surface area contributed by atoms with E-state index in [1.165, 1.54) is 32.8 Å². The predicted octanol–water partition coefficient (Wildman–Crippen LogP) is 6.38. The Balaban J connectivity index is 0.000000159. The minimum absolute atomic E-state index is 0.0970. The fourth-order valence-electron chi connectivity index (χ4n) is 11.1. The Hall–Kier alpha value is -2.51. The van der Waals surface area contributed by atoms with Gasteiger partial charge < -0.3 is 14.6 Å². The fourth-order valence-corrected chi connectivity index (χ4v) is 11.1. The zero-order chi connectivity index (χ0) is 32.1. The zero-order valence-electron chi connectivity index (χ0n) is 27.9. The molecule has 11 atom stereocenters. The van der Waals surface area contributed by atoms with Crippen molar-refractivity contribution in [3.8, 4) is 0 Å². The summed E-state index contributed by atoms with van der Waals surface area (Å²) in [5.41, 5.74) is 2.63. The van der Waals surface area contributed by atoms with Crippen molar-refractivity contribution < 1.29 is 29.0 Å². The maximum Gasteiger partial charge on any atom is 0.338 e. The number of benzene rings is 1. The van der Waals surface area contributed by atoms with Crippen molar-refractivity contribution in [2.24, 2.45) is 40.4 Å². The summed E-state index contributed by atoms with van der Waals surface area (Å²) in [6, 6.07) is 9.36. The van der Waals surface area contributed by atoms with Crippen LogP contribution in [0.5, 0.6) is 0 Å². The summed E-state index contributed by atoms with van der Waals surface area (Å²) >= 11 is 0. The molecule has 45 heavy (non-hydrogen) atoms. The van der Waals surface area contributed by atoms with Crippen molar-refractivity contribution >= 4 is 17.7 Å². The molecular weight excluding hydrogens is 566 g/mol. The van der Waals surface area contributed by atoms with Crippen molar-refractivity contribution in [3.05, 3.63) is 47.5 Å². The summed E-state index contributed by atoms with van der Waals surface area (Å²) in [6.07, 6.45) is 13.7. The first-order valence-electron chi connectivity index (χ1n) is 17.4. The molecule has 2 heterocycles. The molecule has 0 aromatic heterocycles. The Kier molecular flexibility index (Phi) is 9.08. The number of fused-ring (bicyclic) bond motifs is 7. The molecule has 5 fully saturated rings. The van der Waals surface area contributed by atoms with Crippen LogP contribution in [-0.4, -0.2) is 66.2 Å². The number of ether oxygens (including phenoxy) is 2. The molecule has 6 aliphatic rings. The number of aliphatic hydroxyl groups excluding tert-OH is 1. The number of ketones is 1. The van der Waals surface area contributed by atoms with Crippen LogP contribution in [-0.2, 0) is 19.1 Å². The standard InChI is InChI=1S/C21H32O2.C17H21NO4/c1-13(22)17-6-7-18-16-5-4-14-12-15(23)8-10-20(14,2)19(16)9-11-21(17,18)3;1-18-12-8-9-13(18)15(17(20)21-2)14(10-12)22-16(19)11-6-4-3-5-7-11/h4,15-19,23H,5-12H2,1-3H3;3-7,12-15H,8-10H2,1-2H3/t15-,16-,17+,18-,19-,20-,21+;12-,13+,14-,15+/m00/s1. The molecule has 7 heteroatoms. The quantitative estimate of drug-likeness (QED) is 0.309. The fraction of sp³-hybridized carbons (Fsp3) is 0.711. The first kappa shape index (κ1) is 32.4. The summed E-state index contributed by atoms with van der Waals surface area (Å²) in [7, 11) is 3.42. The average molecular weight is 620 g/mol. The van der Waals surface area contributed by atoms with Crippen LogP contribution in [0.25, 0.3) is 0 Å². The Labute approximate surface area is 269 Å². The van der Waals surface area contributed by atoms with E-state index in [9.17, 15) is 19.5 Å². The van der Waals surface area contributed by atoms with Gasteiger partial charge in [0.15, 0.2) is 0 Å². The van der Waals surface area contributed by atoms with Gasteiger partial charge in [-0.15, -0.1) is 0 Å². The van der Waals surface area contributed by atoms with Gasteiger partial charge in [-0.25, -0.2) is 4.79 Å². The molecule has 0 spiro atoms. The van der Waals surface area contributed by atoms with E-state index in [2.05, 4.69) is 24.8 Å². The summed E-state index contributed by atoms with van der Waals surface area (Å²) in [5.74, 6) is 1.94. The van der Waals surface area contributed by atoms with Crippen LogP contribution >= 0.6 is 0 Å². The maximum absolute atomic E-state index is 12.3. The number of hydrogen-bond donors (Lipinski definition) is 1. The smallest absolute Gasteiger partial charge is 0.338 e. The molecule has 246 valence electrons. The van der Waals surface area contributed by atoms with Crippen molar-refractivity contribution in [3.63, 3.8) is 0 Å². The van der Waals surface area contributed by atoms with E-state index in [4.69, 9.17) is 9.47 Å². The van der Waals surface area contributed by atoms with Gasteiger partial charge in [-0.3, -0.25) is 14.5 Å². The van der Waals surface area contributed by atoms with Crippen LogP contribution in [0.15, 0.2) is 42.0 Å². The second-order valence-corrected chi connectivity index (χ2v) is 15.5. The van der Waals surface area contributed by atoms with Gasteiger partial charge in [-0.2, -0.15) is 0 Å². The van der Waals surface area contributed by atoms with Crippen LogP contribution in [0.3, 0.4) is 0 Å². The lowest BCUT2D eigenvalue weighted by atomic mass is 9.47. The van der Waals surface area contributed by atoms with Crippen LogP contribution in [0.2, 0.25) is 0 Å². The third-order valence-corrected chi connectivity index (χ3v) is 13.5. The van der Waals surface area contributed by atoms with Gasteiger partial charge in [-0.05, 0) is 119 Å². The largest absolute Gasteiger partial charge is 0.469 e. The van der Waals surface area contributed by atoms with E-state index in [1.54, 1.807) is 29.8 Å². The Morgan fingerprint density at radius 2 is 1.71 bits per heavy atom. The molecule has 0 unspecified atom stereocenters. The number of Topliss-reactive ketones (excluding diaryl/α,β-unsaturated/α-hetero) is 1. The molecule has 7 rings (SSSR count). The number of rotatable bonds is 4. The molecule has 1 aromatic rings. The lowest BCUT2D eigenvalue weighted by Gasteiger charge is -2.57. The summed E-state index contributed by atoms with van der Waals surface area (Å²) < 4.78 is 10.6. The van der Waals surface area contributed by atoms with E-state index in [0.29, 0.717) is 35.1 Å². The summed E-state index contributed by atoms with van der Waals surface area (Å²) in [4.78, 5) is 38.9. The van der Waals surface area contributed by atoms with Crippen LogP contribution in [0.1, 0.15) is 102 Å². The number of methoxy groups -OCH3 is 1. The number of hydrogen-bond acceptors (Lipinski definition) is 7. The van der Waals surface area contributed by atoms with Crippen molar-refractivity contribution in [1.82, 2.24) is 4.90 Å². The monoisotopic (exact) mass is 619 g/mol. The van der Waals surface area contributed by atoms with Gasteiger partial charge in [0.05, 0.1) is 18.8 Å². The van der Waals surface area contributed by atoms with Crippen LogP contribution in [0, 0.1) is 40.4 Å². The third-order valence-electron chi connectivity index (χ3n) is 13.5. The van der Waals surface area contributed by atoms with Crippen molar-refractivity contribution in [2.45, 2.75) is 116 Å². The van der Waals surface area contributed by atoms with Crippen LogP contribution in [0.4, 0.5) is 0 Å². The predicted molar refractivity (Wildman–Crippen MR) is 172 cm³/mol. The molecule has 2 saturated heterocycles. The van der Waals surface area contributed by atoms with Crippen molar-refractivity contribution in [2.75, 3.05) is 14.2 Å². The number of nitrogens with zero attached hydrogens (tertiary/aromatic N) is 1. The number of carbonyl (C=O) groups is 3. The highest BCUT2D eigenvalue weighted by molar-refractivity contribution is 5.89. The van der Waals surface area contributed by atoms with E-state index in [1.807, 2.05) is 20.0 Å². The number of esters is 2. The lowest BCUT2D eigenvalue weighted by Crippen LogP contribution is -2.53. The molecular formula is C38H53NO6. The van der Waals surface area contributed by atoms with Crippen molar-refractivity contribution in [1.29, 1.82) is 0 Å². The molecule has 3 saturated carbocycles. The molecule has 4 aliphatic carbocycles. The molecule has 0 radical (unpaired) electrons. The first-order valence-corrected chi connectivity index (χ1v) is 17.4. The second-order valence-electron chi connectivity index (χ2n) is 15.5.